The number of methoxy groups -OCH3 is 1. The topological polar surface area (TPSA) is 64.6 Å². The fraction of sp³-hybridized carbons (Fsp3) is 0.304. The molecule has 1 N–H and O–H groups in total. The monoisotopic (exact) mass is 441 g/mol. The van der Waals surface area contributed by atoms with Gasteiger partial charge in [0.25, 0.3) is 0 Å². The average Bonchev–Trinajstić information content (AvgIpc) is 3.50. The molecule has 0 aliphatic carbocycles. The molecule has 1 aliphatic rings. The van der Waals surface area contributed by atoms with Crippen LogP contribution in [0.2, 0.25) is 0 Å². The molecule has 1 aliphatic heterocycles. The van der Waals surface area contributed by atoms with Gasteiger partial charge in [-0.05, 0) is 54.1 Å². The van der Waals surface area contributed by atoms with Crippen molar-refractivity contribution in [1.82, 2.24) is 5.32 Å². The van der Waals surface area contributed by atoms with Crippen LogP contribution in [0.5, 0.6) is 5.75 Å². The second-order valence-electron chi connectivity index (χ2n) is 7.18. The summed E-state index contributed by atoms with van der Waals surface area (Å²) in [4.78, 5) is 28.2. The molecule has 0 saturated carbocycles. The van der Waals surface area contributed by atoms with E-state index in [9.17, 15) is 9.59 Å². The molecule has 0 atom stereocenters. The van der Waals surface area contributed by atoms with Gasteiger partial charge in [0.1, 0.15) is 5.75 Å². The highest BCUT2D eigenvalue weighted by atomic mass is 32.1. The summed E-state index contributed by atoms with van der Waals surface area (Å²) >= 11 is 2.87. The first-order valence-corrected chi connectivity index (χ1v) is 11.5. The highest BCUT2D eigenvalue weighted by Crippen LogP contribution is 2.36. The van der Waals surface area contributed by atoms with E-state index in [0.29, 0.717) is 37.5 Å². The Hall–Kier alpha value is -2.48. The second-order valence-corrected chi connectivity index (χ2v) is 9.29. The summed E-state index contributed by atoms with van der Waals surface area (Å²) in [5.41, 5.74) is 0.362. The molecule has 0 unspecified atom stereocenters. The third-order valence-electron chi connectivity index (χ3n) is 5.48. The molecule has 3 aromatic rings. The number of amides is 1. The van der Waals surface area contributed by atoms with E-state index < -0.39 is 5.41 Å². The van der Waals surface area contributed by atoms with Crippen molar-refractivity contribution in [2.45, 2.75) is 24.8 Å². The maximum atomic E-state index is 13.3. The van der Waals surface area contributed by atoms with E-state index in [-0.39, 0.29) is 11.7 Å². The maximum absolute atomic E-state index is 13.3. The minimum absolute atomic E-state index is 0.00417. The zero-order chi connectivity index (χ0) is 21.0. The molecule has 3 heterocycles. The summed E-state index contributed by atoms with van der Waals surface area (Å²) < 4.78 is 10.8. The summed E-state index contributed by atoms with van der Waals surface area (Å²) in [5, 5.41) is 5.00. The quantitative estimate of drug-likeness (QED) is 0.552. The Kier molecular flexibility index (Phi) is 6.32. The number of ether oxygens (including phenoxy) is 2. The number of carbonyl (C=O) groups is 2. The lowest BCUT2D eigenvalue weighted by atomic mass is 9.73. The van der Waals surface area contributed by atoms with Crippen molar-refractivity contribution in [3.05, 3.63) is 74.1 Å². The molecule has 1 saturated heterocycles. The zero-order valence-corrected chi connectivity index (χ0v) is 18.3. The molecule has 2 aromatic heterocycles. The lowest BCUT2D eigenvalue weighted by Crippen LogP contribution is -2.47. The predicted molar refractivity (Wildman–Crippen MR) is 119 cm³/mol. The van der Waals surface area contributed by atoms with Crippen molar-refractivity contribution in [1.29, 1.82) is 0 Å². The summed E-state index contributed by atoms with van der Waals surface area (Å²) in [5.74, 6) is 0.796. The summed E-state index contributed by atoms with van der Waals surface area (Å²) in [6.45, 7) is 1.51. The molecule has 4 rings (SSSR count). The highest BCUT2D eigenvalue weighted by molar-refractivity contribution is 7.16. The van der Waals surface area contributed by atoms with Gasteiger partial charge in [-0.1, -0.05) is 18.2 Å². The fourth-order valence-corrected chi connectivity index (χ4v) is 5.38. The Morgan fingerprint density at radius 3 is 2.50 bits per heavy atom. The third kappa shape index (κ3) is 4.19. The minimum Gasteiger partial charge on any atom is -0.497 e. The lowest BCUT2D eigenvalue weighted by Gasteiger charge is -2.36. The molecular weight excluding hydrogens is 418 g/mol. The van der Waals surface area contributed by atoms with Crippen LogP contribution in [0, 0.1) is 0 Å². The number of rotatable bonds is 7. The van der Waals surface area contributed by atoms with Gasteiger partial charge in [0.15, 0.2) is 0 Å². The predicted octanol–water partition coefficient (Wildman–Crippen LogP) is 4.41. The van der Waals surface area contributed by atoms with Crippen LogP contribution < -0.4 is 10.1 Å². The van der Waals surface area contributed by atoms with Gasteiger partial charge in [-0.2, -0.15) is 0 Å². The molecule has 1 fully saturated rings. The van der Waals surface area contributed by atoms with E-state index in [1.807, 2.05) is 53.9 Å². The summed E-state index contributed by atoms with van der Waals surface area (Å²) in [6, 6.07) is 15.2. The number of thiophene rings is 2. The molecule has 5 nitrogen and oxygen atoms in total. The number of hydrogen-bond donors (Lipinski definition) is 1. The van der Waals surface area contributed by atoms with E-state index >= 15 is 0 Å². The van der Waals surface area contributed by atoms with Crippen LogP contribution in [0.25, 0.3) is 0 Å². The fourth-order valence-electron chi connectivity index (χ4n) is 3.74. The average molecular weight is 442 g/mol. The molecule has 0 spiro atoms. The van der Waals surface area contributed by atoms with Crippen LogP contribution in [0.4, 0.5) is 0 Å². The van der Waals surface area contributed by atoms with Crippen molar-refractivity contribution >= 4 is 34.4 Å². The number of carbonyl (C=O) groups excluding carboxylic acids is 2. The number of nitrogens with one attached hydrogen (secondary N) is 1. The van der Waals surface area contributed by atoms with Crippen LogP contribution in [0.1, 0.15) is 37.8 Å². The number of ketones is 1. The SMILES string of the molecule is COc1ccc(C2(C(=O)NCc3ccc(C(=O)c4cccs4)s3)CCOCC2)cc1. The minimum atomic E-state index is -0.614. The van der Waals surface area contributed by atoms with E-state index in [1.54, 1.807) is 7.11 Å². The van der Waals surface area contributed by atoms with E-state index in [1.165, 1.54) is 22.7 Å². The van der Waals surface area contributed by atoms with Gasteiger partial charge >= 0.3 is 0 Å². The summed E-state index contributed by atoms with van der Waals surface area (Å²) in [7, 11) is 1.63. The molecule has 0 bridgehead atoms. The zero-order valence-electron chi connectivity index (χ0n) is 16.7. The Morgan fingerprint density at radius 2 is 1.83 bits per heavy atom. The van der Waals surface area contributed by atoms with E-state index in [0.717, 1.165) is 21.1 Å². The Balaban J connectivity index is 1.47. The summed E-state index contributed by atoms with van der Waals surface area (Å²) in [6.07, 6.45) is 1.27. The van der Waals surface area contributed by atoms with Gasteiger partial charge in [-0.3, -0.25) is 9.59 Å². The van der Waals surface area contributed by atoms with Crippen LogP contribution in [0.3, 0.4) is 0 Å². The maximum Gasteiger partial charge on any atom is 0.231 e. The van der Waals surface area contributed by atoms with Gasteiger partial charge in [0.2, 0.25) is 11.7 Å². The van der Waals surface area contributed by atoms with Crippen molar-refractivity contribution in [2.24, 2.45) is 0 Å². The first kappa shape index (κ1) is 20.8. The van der Waals surface area contributed by atoms with Crippen molar-refractivity contribution in [2.75, 3.05) is 20.3 Å². The largest absolute Gasteiger partial charge is 0.497 e. The number of hydrogen-bond acceptors (Lipinski definition) is 6. The standard InChI is InChI=1S/C23H23NO4S2/c1-27-17-6-4-16(5-7-17)23(10-12-28-13-11-23)22(26)24-15-18-8-9-20(30-18)21(25)19-3-2-14-29-19/h2-9,14H,10-13,15H2,1H3,(H,24,26). The van der Waals surface area contributed by atoms with Gasteiger partial charge in [0.05, 0.1) is 28.8 Å². The first-order chi connectivity index (χ1) is 14.6. The molecule has 7 heteroatoms. The Bertz CT molecular complexity index is 1000. The highest BCUT2D eigenvalue weighted by Gasteiger charge is 2.41. The van der Waals surface area contributed by atoms with Crippen LogP contribution in [0.15, 0.2) is 53.9 Å². The third-order valence-corrected chi connectivity index (χ3v) is 7.43. The van der Waals surface area contributed by atoms with Gasteiger partial charge in [0, 0.05) is 18.1 Å². The normalized spacial score (nSPS) is 15.5. The molecule has 1 aromatic carbocycles. The van der Waals surface area contributed by atoms with Crippen LogP contribution in [-0.4, -0.2) is 32.0 Å². The van der Waals surface area contributed by atoms with Gasteiger partial charge in [-0.25, -0.2) is 0 Å². The van der Waals surface area contributed by atoms with E-state index in [2.05, 4.69) is 5.32 Å². The van der Waals surface area contributed by atoms with Crippen LogP contribution in [-0.2, 0) is 21.5 Å². The molecule has 0 radical (unpaired) electrons. The smallest absolute Gasteiger partial charge is 0.231 e. The first-order valence-electron chi connectivity index (χ1n) is 9.80. The molecule has 156 valence electrons. The van der Waals surface area contributed by atoms with Crippen molar-refractivity contribution in [3.63, 3.8) is 0 Å². The Morgan fingerprint density at radius 1 is 1.07 bits per heavy atom. The molecule has 30 heavy (non-hydrogen) atoms. The van der Waals surface area contributed by atoms with Gasteiger partial charge < -0.3 is 14.8 Å². The lowest BCUT2D eigenvalue weighted by molar-refractivity contribution is -0.130. The van der Waals surface area contributed by atoms with Gasteiger partial charge in [-0.15, -0.1) is 22.7 Å². The Labute approximate surface area is 183 Å². The van der Waals surface area contributed by atoms with E-state index in [4.69, 9.17) is 9.47 Å². The molecule has 1 amide bonds. The van der Waals surface area contributed by atoms with Crippen molar-refractivity contribution < 1.29 is 19.1 Å². The second kappa shape index (κ2) is 9.12. The number of benzene rings is 1. The molecular formula is C23H23NO4S2. The van der Waals surface area contributed by atoms with Crippen LogP contribution >= 0.6 is 22.7 Å². The van der Waals surface area contributed by atoms with Crippen molar-refractivity contribution in [3.8, 4) is 5.75 Å².